The molecule has 2 aromatic rings. The first-order valence-corrected chi connectivity index (χ1v) is 7.11. The van der Waals surface area contributed by atoms with E-state index in [0.717, 1.165) is 23.1 Å². The summed E-state index contributed by atoms with van der Waals surface area (Å²) in [5.41, 5.74) is 10.2. The summed E-state index contributed by atoms with van der Waals surface area (Å²) in [6, 6.07) is 13.0. The van der Waals surface area contributed by atoms with Crippen LogP contribution in [0, 0.1) is 11.7 Å². The Morgan fingerprint density at radius 3 is 2.45 bits per heavy atom. The lowest BCUT2D eigenvalue weighted by atomic mass is 9.93. The molecule has 0 bridgehead atoms. The van der Waals surface area contributed by atoms with E-state index in [1.54, 1.807) is 12.1 Å². The first kappa shape index (κ1) is 14.7. The maximum Gasteiger partial charge on any atom is 0.123 e. The normalized spacial score (nSPS) is 12.7. The van der Waals surface area contributed by atoms with E-state index in [4.69, 9.17) is 5.73 Å². The van der Waals surface area contributed by atoms with Crippen molar-refractivity contribution in [2.75, 3.05) is 0 Å². The van der Waals surface area contributed by atoms with Gasteiger partial charge in [-0.2, -0.15) is 0 Å². The smallest absolute Gasteiger partial charge is 0.123 e. The summed E-state index contributed by atoms with van der Waals surface area (Å²) in [6.07, 6.45) is 1.02. The van der Waals surface area contributed by atoms with Crippen molar-refractivity contribution in [2.45, 2.75) is 33.2 Å². The van der Waals surface area contributed by atoms with Crippen LogP contribution in [-0.2, 0) is 6.42 Å². The first-order chi connectivity index (χ1) is 9.47. The molecule has 0 fully saturated rings. The zero-order chi connectivity index (χ0) is 14.7. The highest BCUT2D eigenvalue weighted by Gasteiger charge is 2.11. The number of rotatable bonds is 4. The quantitative estimate of drug-likeness (QED) is 0.856. The van der Waals surface area contributed by atoms with Gasteiger partial charge in [0, 0.05) is 6.04 Å². The number of hydrogen-bond acceptors (Lipinski definition) is 1. The molecule has 1 unspecified atom stereocenters. The van der Waals surface area contributed by atoms with Gasteiger partial charge in [-0.1, -0.05) is 44.2 Å². The van der Waals surface area contributed by atoms with Gasteiger partial charge >= 0.3 is 0 Å². The van der Waals surface area contributed by atoms with Crippen molar-refractivity contribution in [1.29, 1.82) is 0 Å². The molecule has 0 saturated heterocycles. The van der Waals surface area contributed by atoms with E-state index in [2.05, 4.69) is 26.0 Å². The van der Waals surface area contributed by atoms with Crippen molar-refractivity contribution in [1.82, 2.24) is 0 Å². The van der Waals surface area contributed by atoms with Crippen LogP contribution in [0.15, 0.2) is 42.5 Å². The molecule has 0 aliphatic carbocycles. The molecule has 0 aliphatic rings. The van der Waals surface area contributed by atoms with Gasteiger partial charge < -0.3 is 5.73 Å². The number of nitrogens with two attached hydrogens (primary N) is 1. The van der Waals surface area contributed by atoms with Crippen molar-refractivity contribution >= 4 is 0 Å². The maximum atomic E-state index is 13.6. The highest BCUT2D eigenvalue weighted by molar-refractivity contribution is 5.68. The van der Waals surface area contributed by atoms with Gasteiger partial charge in [-0.25, -0.2) is 4.39 Å². The van der Waals surface area contributed by atoms with Gasteiger partial charge in [-0.3, -0.25) is 0 Å². The molecule has 0 aromatic heterocycles. The summed E-state index contributed by atoms with van der Waals surface area (Å²) < 4.78 is 13.6. The summed E-state index contributed by atoms with van der Waals surface area (Å²) in [7, 11) is 0. The van der Waals surface area contributed by atoms with Crippen molar-refractivity contribution in [2.24, 2.45) is 11.7 Å². The lowest BCUT2D eigenvalue weighted by Gasteiger charge is -2.14. The standard InChI is InChI=1S/C18H22FN/c1-12(2)9-14-5-4-6-15(10-14)18-11-16(19)7-8-17(18)13(3)20/h4-8,10-13H,9,20H2,1-3H3. The lowest BCUT2D eigenvalue weighted by molar-refractivity contribution is 0.626. The predicted octanol–water partition coefficient (Wildman–Crippen LogP) is 4.71. The minimum absolute atomic E-state index is 0.112. The summed E-state index contributed by atoms with van der Waals surface area (Å²) >= 11 is 0. The molecule has 2 rings (SSSR count). The van der Waals surface area contributed by atoms with Crippen molar-refractivity contribution < 1.29 is 4.39 Å². The zero-order valence-electron chi connectivity index (χ0n) is 12.4. The molecule has 0 radical (unpaired) electrons. The molecule has 0 aliphatic heterocycles. The number of benzene rings is 2. The van der Waals surface area contributed by atoms with Gasteiger partial charge in [0.1, 0.15) is 5.82 Å². The van der Waals surface area contributed by atoms with E-state index in [1.165, 1.54) is 11.6 Å². The SMILES string of the molecule is CC(C)Cc1cccc(-c2cc(F)ccc2C(C)N)c1. The molecule has 0 heterocycles. The minimum atomic E-state index is -0.223. The van der Waals surface area contributed by atoms with Crippen LogP contribution in [0.3, 0.4) is 0 Å². The fourth-order valence-corrected chi connectivity index (χ4v) is 2.51. The predicted molar refractivity (Wildman–Crippen MR) is 83.0 cm³/mol. The molecule has 1 nitrogen and oxygen atoms in total. The highest BCUT2D eigenvalue weighted by atomic mass is 19.1. The molecule has 2 N–H and O–H groups in total. The fourth-order valence-electron chi connectivity index (χ4n) is 2.51. The van der Waals surface area contributed by atoms with Gasteiger partial charge in [-0.05, 0) is 53.6 Å². The molecule has 2 aromatic carbocycles. The van der Waals surface area contributed by atoms with Crippen LogP contribution in [0.1, 0.15) is 37.9 Å². The highest BCUT2D eigenvalue weighted by Crippen LogP contribution is 2.29. The van der Waals surface area contributed by atoms with Crippen LogP contribution in [0.25, 0.3) is 11.1 Å². The van der Waals surface area contributed by atoms with Gasteiger partial charge in [0.2, 0.25) is 0 Å². The second kappa shape index (κ2) is 6.19. The van der Waals surface area contributed by atoms with Crippen LogP contribution >= 0.6 is 0 Å². The first-order valence-electron chi connectivity index (χ1n) is 7.11. The molecule has 0 saturated carbocycles. The third-order valence-corrected chi connectivity index (χ3v) is 3.39. The van der Waals surface area contributed by atoms with E-state index < -0.39 is 0 Å². The summed E-state index contributed by atoms with van der Waals surface area (Å²) in [5.74, 6) is 0.379. The Labute approximate surface area is 120 Å². The molecule has 20 heavy (non-hydrogen) atoms. The minimum Gasteiger partial charge on any atom is -0.324 e. The van der Waals surface area contributed by atoms with Crippen LogP contribution < -0.4 is 5.73 Å². The molecular formula is C18H22FN. The summed E-state index contributed by atoms with van der Waals surface area (Å²) in [4.78, 5) is 0. The fraction of sp³-hybridized carbons (Fsp3) is 0.333. The maximum absolute atomic E-state index is 13.6. The topological polar surface area (TPSA) is 26.0 Å². The van der Waals surface area contributed by atoms with E-state index in [9.17, 15) is 4.39 Å². The summed E-state index contributed by atoms with van der Waals surface area (Å²) in [5, 5.41) is 0. The second-order valence-electron chi connectivity index (χ2n) is 5.82. The Morgan fingerprint density at radius 1 is 1.05 bits per heavy atom. The van der Waals surface area contributed by atoms with Crippen molar-refractivity contribution in [3.05, 3.63) is 59.4 Å². The Hall–Kier alpha value is -1.67. The van der Waals surface area contributed by atoms with Gasteiger partial charge in [0.05, 0.1) is 0 Å². The van der Waals surface area contributed by atoms with Gasteiger partial charge in [0.15, 0.2) is 0 Å². The third-order valence-electron chi connectivity index (χ3n) is 3.39. The largest absolute Gasteiger partial charge is 0.324 e. The van der Waals surface area contributed by atoms with Crippen molar-refractivity contribution in [3.63, 3.8) is 0 Å². The lowest BCUT2D eigenvalue weighted by Crippen LogP contribution is -2.07. The second-order valence-corrected chi connectivity index (χ2v) is 5.82. The molecule has 1 atom stereocenters. The van der Waals surface area contributed by atoms with Crippen molar-refractivity contribution in [3.8, 4) is 11.1 Å². The monoisotopic (exact) mass is 271 g/mol. The van der Waals surface area contributed by atoms with E-state index in [0.29, 0.717) is 5.92 Å². The van der Waals surface area contributed by atoms with E-state index in [1.807, 2.05) is 19.1 Å². The van der Waals surface area contributed by atoms with Gasteiger partial charge in [-0.15, -0.1) is 0 Å². The molecular weight excluding hydrogens is 249 g/mol. The van der Waals surface area contributed by atoms with E-state index >= 15 is 0 Å². The average Bonchev–Trinajstić information content (AvgIpc) is 2.37. The van der Waals surface area contributed by atoms with Crippen LogP contribution in [-0.4, -0.2) is 0 Å². The molecule has 0 spiro atoms. The Balaban J connectivity index is 2.48. The van der Waals surface area contributed by atoms with Gasteiger partial charge in [0.25, 0.3) is 0 Å². The van der Waals surface area contributed by atoms with Crippen LogP contribution in [0.5, 0.6) is 0 Å². The number of halogens is 1. The zero-order valence-corrected chi connectivity index (χ0v) is 12.4. The van der Waals surface area contributed by atoms with Crippen LogP contribution in [0.4, 0.5) is 4.39 Å². The molecule has 0 amide bonds. The summed E-state index contributed by atoms with van der Waals surface area (Å²) in [6.45, 7) is 6.32. The Morgan fingerprint density at radius 2 is 1.80 bits per heavy atom. The van der Waals surface area contributed by atoms with E-state index in [-0.39, 0.29) is 11.9 Å². The van der Waals surface area contributed by atoms with Crippen LogP contribution in [0.2, 0.25) is 0 Å². The Kier molecular flexibility index (Phi) is 4.56. The number of hydrogen-bond donors (Lipinski definition) is 1. The third kappa shape index (κ3) is 3.45. The molecule has 2 heteroatoms. The average molecular weight is 271 g/mol. The Bertz CT molecular complexity index is 588. The molecule has 106 valence electrons.